The molecule has 0 aliphatic heterocycles. The summed E-state index contributed by atoms with van der Waals surface area (Å²) < 4.78 is 0. The molecule has 0 unspecified atom stereocenters. The van der Waals surface area contributed by atoms with Gasteiger partial charge >= 0.3 is 0 Å². The number of carbonyl (C=O) groups excluding carboxylic acids is 2. The number of carbonyl (C=O) groups is 2. The molecule has 0 aliphatic carbocycles. The molecule has 0 aromatic carbocycles. The van der Waals surface area contributed by atoms with Crippen molar-refractivity contribution in [2.24, 2.45) is 0 Å². The molecule has 0 atom stereocenters. The molecule has 0 bridgehead atoms. The van der Waals surface area contributed by atoms with Crippen molar-refractivity contribution in [2.75, 3.05) is 19.7 Å². The molecular weight excluding hydrogens is 276 g/mol. The Kier molecular flexibility index (Phi) is 7.40. The molecule has 20 heavy (non-hydrogen) atoms. The highest BCUT2D eigenvalue weighted by atomic mass is 32.1. The van der Waals surface area contributed by atoms with Crippen LogP contribution in [0.25, 0.3) is 0 Å². The highest BCUT2D eigenvalue weighted by Gasteiger charge is 2.08. The molecule has 1 rings (SSSR count). The molecule has 2 amide bonds. The van der Waals surface area contributed by atoms with Crippen molar-refractivity contribution in [3.8, 4) is 11.8 Å². The lowest BCUT2D eigenvalue weighted by Gasteiger charge is -2.04. The van der Waals surface area contributed by atoms with Gasteiger partial charge in [0.25, 0.3) is 5.91 Å². The van der Waals surface area contributed by atoms with Crippen molar-refractivity contribution >= 4 is 23.2 Å². The lowest BCUT2D eigenvalue weighted by Crippen LogP contribution is -2.30. The van der Waals surface area contributed by atoms with Crippen molar-refractivity contribution in [3.05, 3.63) is 21.9 Å². The van der Waals surface area contributed by atoms with E-state index in [1.165, 1.54) is 11.3 Å². The minimum atomic E-state index is -0.221. The zero-order valence-corrected chi connectivity index (χ0v) is 12.2. The van der Waals surface area contributed by atoms with E-state index in [-0.39, 0.29) is 24.8 Å². The van der Waals surface area contributed by atoms with Crippen molar-refractivity contribution in [2.45, 2.75) is 19.8 Å². The lowest BCUT2D eigenvalue weighted by atomic mass is 10.3. The first-order chi connectivity index (χ1) is 9.67. The molecule has 0 radical (unpaired) electrons. The van der Waals surface area contributed by atoms with Crippen molar-refractivity contribution in [1.29, 1.82) is 0 Å². The van der Waals surface area contributed by atoms with Crippen LogP contribution >= 0.6 is 11.3 Å². The molecule has 108 valence electrons. The molecule has 0 saturated heterocycles. The summed E-state index contributed by atoms with van der Waals surface area (Å²) in [5.74, 6) is 4.98. The first-order valence-electron chi connectivity index (χ1n) is 6.40. The predicted molar refractivity (Wildman–Crippen MR) is 78.5 cm³/mol. The Bertz CT molecular complexity index is 514. The Morgan fingerprint density at radius 2 is 2.15 bits per heavy atom. The summed E-state index contributed by atoms with van der Waals surface area (Å²) in [5, 5.41) is 15.7. The van der Waals surface area contributed by atoms with E-state index in [9.17, 15) is 9.59 Å². The fraction of sp³-hybridized carbons (Fsp3) is 0.429. The molecule has 0 spiro atoms. The maximum Gasteiger partial charge on any atom is 0.252 e. The minimum Gasteiger partial charge on any atom is -0.384 e. The highest BCUT2D eigenvalue weighted by molar-refractivity contribution is 7.10. The topological polar surface area (TPSA) is 78.4 Å². The van der Waals surface area contributed by atoms with E-state index in [0.29, 0.717) is 18.7 Å². The van der Waals surface area contributed by atoms with Crippen LogP contribution in [0.1, 0.15) is 35.0 Å². The van der Waals surface area contributed by atoms with Crippen LogP contribution in [0, 0.1) is 11.8 Å². The molecule has 1 aromatic rings. The number of aliphatic hydroxyl groups is 1. The first-order valence-corrected chi connectivity index (χ1v) is 7.28. The average molecular weight is 294 g/mol. The lowest BCUT2D eigenvalue weighted by molar-refractivity contribution is -0.120. The number of amides is 2. The van der Waals surface area contributed by atoms with E-state index in [1.807, 2.05) is 6.92 Å². The van der Waals surface area contributed by atoms with E-state index in [1.54, 1.807) is 11.4 Å². The molecular formula is C14H18N2O3S. The Morgan fingerprint density at radius 3 is 2.85 bits per heavy atom. The second-order valence-corrected chi connectivity index (χ2v) is 4.93. The van der Waals surface area contributed by atoms with E-state index in [4.69, 9.17) is 5.11 Å². The van der Waals surface area contributed by atoms with Gasteiger partial charge in [-0.3, -0.25) is 9.59 Å². The van der Waals surface area contributed by atoms with Crippen LogP contribution < -0.4 is 10.6 Å². The SMILES string of the molecule is CCCNC(=O)CCNC(=O)c1csc(C#CCO)c1. The average Bonchev–Trinajstić information content (AvgIpc) is 2.91. The van der Waals surface area contributed by atoms with Crippen molar-refractivity contribution in [3.63, 3.8) is 0 Å². The molecule has 6 heteroatoms. The Morgan fingerprint density at radius 1 is 1.35 bits per heavy atom. The molecule has 1 heterocycles. The monoisotopic (exact) mass is 294 g/mol. The summed E-state index contributed by atoms with van der Waals surface area (Å²) in [6, 6.07) is 1.67. The summed E-state index contributed by atoms with van der Waals surface area (Å²) in [5.41, 5.74) is 0.520. The van der Waals surface area contributed by atoms with Gasteiger partial charge in [-0.15, -0.1) is 11.3 Å². The van der Waals surface area contributed by atoms with Gasteiger partial charge in [-0.05, 0) is 12.5 Å². The maximum absolute atomic E-state index is 11.8. The zero-order chi connectivity index (χ0) is 14.8. The van der Waals surface area contributed by atoms with Gasteiger partial charge in [0.2, 0.25) is 5.91 Å². The molecule has 1 aromatic heterocycles. The third-order valence-corrected chi connectivity index (χ3v) is 3.21. The van der Waals surface area contributed by atoms with Crippen molar-refractivity contribution < 1.29 is 14.7 Å². The van der Waals surface area contributed by atoms with E-state index >= 15 is 0 Å². The first kappa shape index (κ1) is 16.2. The van der Waals surface area contributed by atoms with Gasteiger partial charge in [0.1, 0.15) is 6.61 Å². The Hall–Kier alpha value is -1.84. The van der Waals surface area contributed by atoms with Gasteiger partial charge in [-0.25, -0.2) is 0 Å². The summed E-state index contributed by atoms with van der Waals surface area (Å²) in [6.45, 7) is 2.74. The summed E-state index contributed by atoms with van der Waals surface area (Å²) >= 11 is 1.34. The Balaban J connectivity index is 2.36. The molecule has 0 fully saturated rings. The second kappa shape index (κ2) is 9.13. The fourth-order valence-corrected chi connectivity index (χ4v) is 2.15. The van der Waals surface area contributed by atoms with E-state index in [2.05, 4.69) is 22.5 Å². The quantitative estimate of drug-likeness (QED) is 0.677. The molecule has 5 nitrogen and oxygen atoms in total. The van der Waals surface area contributed by atoms with Crippen LogP contribution in [0.15, 0.2) is 11.4 Å². The smallest absolute Gasteiger partial charge is 0.252 e. The standard InChI is InChI=1S/C14H18N2O3S/c1-2-6-15-13(18)5-7-16-14(19)11-9-12(20-10-11)4-3-8-17/h9-10,17H,2,5-8H2,1H3,(H,15,18)(H,16,19). The number of nitrogens with one attached hydrogen (secondary N) is 2. The van der Waals surface area contributed by atoms with Gasteiger partial charge in [0.05, 0.1) is 10.4 Å². The van der Waals surface area contributed by atoms with Crippen LogP contribution in [-0.2, 0) is 4.79 Å². The van der Waals surface area contributed by atoms with Crippen molar-refractivity contribution in [1.82, 2.24) is 10.6 Å². The van der Waals surface area contributed by atoms with Gasteiger partial charge in [-0.1, -0.05) is 18.8 Å². The highest BCUT2D eigenvalue weighted by Crippen LogP contribution is 2.13. The van der Waals surface area contributed by atoms with Gasteiger partial charge in [0, 0.05) is 24.9 Å². The normalized spacial score (nSPS) is 9.50. The predicted octanol–water partition coefficient (Wildman–Crippen LogP) is 0.738. The number of aliphatic hydroxyl groups excluding tert-OH is 1. The van der Waals surface area contributed by atoms with Crippen LogP contribution in [-0.4, -0.2) is 36.6 Å². The summed E-state index contributed by atoms with van der Waals surface area (Å²) in [4.78, 5) is 23.9. The van der Waals surface area contributed by atoms with Crippen LogP contribution in [0.2, 0.25) is 0 Å². The van der Waals surface area contributed by atoms with Crippen LogP contribution in [0.4, 0.5) is 0 Å². The third-order valence-electron chi connectivity index (χ3n) is 2.36. The summed E-state index contributed by atoms with van der Waals surface area (Å²) in [6.07, 6.45) is 1.16. The van der Waals surface area contributed by atoms with E-state index < -0.39 is 0 Å². The van der Waals surface area contributed by atoms with E-state index in [0.717, 1.165) is 11.3 Å². The maximum atomic E-state index is 11.8. The fourth-order valence-electron chi connectivity index (χ4n) is 1.39. The zero-order valence-electron chi connectivity index (χ0n) is 11.4. The van der Waals surface area contributed by atoms with Gasteiger partial charge in [-0.2, -0.15) is 0 Å². The number of rotatable bonds is 6. The van der Waals surface area contributed by atoms with Crippen LogP contribution in [0.5, 0.6) is 0 Å². The minimum absolute atomic E-state index is 0.0630. The van der Waals surface area contributed by atoms with Gasteiger partial charge < -0.3 is 15.7 Å². The second-order valence-electron chi connectivity index (χ2n) is 4.02. The summed E-state index contributed by atoms with van der Waals surface area (Å²) in [7, 11) is 0. The largest absolute Gasteiger partial charge is 0.384 e. The number of hydrogen-bond donors (Lipinski definition) is 3. The number of hydrogen-bond acceptors (Lipinski definition) is 4. The molecule has 0 saturated carbocycles. The van der Waals surface area contributed by atoms with Crippen LogP contribution in [0.3, 0.4) is 0 Å². The van der Waals surface area contributed by atoms with Gasteiger partial charge in [0.15, 0.2) is 0 Å². The Labute approximate surface area is 122 Å². The molecule has 0 aliphatic rings. The number of thiophene rings is 1. The third kappa shape index (κ3) is 5.87. The molecule has 3 N–H and O–H groups in total.